The maximum Gasteiger partial charge on any atom is 0.323 e. The van der Waals surface area contributed by atoms with Crippen LogP contribution in [0.4, 0.5) is 0 Å². The van der Waals surface area contributed by atoms with E-state index < -0.39 is 17.4 Å². The van der Waals surface area contributed by atoms with Crippen LogP contribution in [0.25, 0.3) is 0 Å². The van der Waals surface area contributed by atoms with Crippen molar-refractivity contribution < 1.29 is 19.1 Å². The third kappa shape index (κ3) is 14.2. The predicted octanol–water partition coefficient (Wildman–Crippen LogP) is 8.41. The molecule has 0 heterocycles. The molecule has 0 aliphatic rings. The molecule has 0 aliphatic carbocycles. The molecule has 0 aromatic carbocycles. The van der Waals surface area contributed by atoms with E-state index in [-0.39, 0.29) is 0 Å². The van der Waals surface area contributed by atoms with Crippen molar-refractivity contribution in [2.45, 2.75) is 144 Å². The summed E-state index contributed by atoms with van der Waals surface area (Å²) >= 11 is 0. The molecule has 0 radical (unpaired) electrons. The molecule has 32 heavy (non-hydrogen) atoms. The van der Waals surface area contributed by atoms with Gasteiger partial charge in [0, 0.05) is 0 Å². The van der Waals surface area contributed by atoms with Crippen LogP contribution in [0.3, 0.4) is 0 Å². The monoisotopic (exact) mass is 454 g/mol. The van der Waals surface area contributed by atoms with Crippen LogP contribution in [0.1, 0.15) is 144 Å². The van der Waals surface area contributed by atoms with Gasteiger partial charge in [-0.2, -0.15) is 0 Å². The summed E-state index contributed by atoms with van der Waals surface area (Å²) in [5, 5.41) is 0. The maximum absolute atomic E-state index is 12.7. The van der Waals surface area contributed by atoms with E-state index in [1.807, 2.05) is 13.8 Å². The summed E-state index contributed by atoms with van der Waals surface area (Å²) in [5.74, 6) is -0.367. The average molecular weight is 455 g/mol. The number of carbonyl (C=O) groups is 2. The summed E-state index contributed by atoms with van der Waals surface area (Å²) in [5.41, 5.74) is -1.15. The van der Waals surface area contributed by atoms with Crippen LogP contribution >= 0.6 is 0 Å². The zero-order valence-electron chi connectivity index (χ0n) is 22.1. The summed E-state index contributed by atoms with van der Waals surface area (Å²) < 4.78 is 10.9. The molecule has 0 N–H and O–H groups in total. The van der Waals surface area contributed by atoms with Crippen LogP contribution in [0, 0.1) is 11.3 Å². The number of unbranched alkanes of at least 4 members (excludes halogenated alkanes) is 13. The van der Waals surface area contributed by atoms with Crippen molar-refractivity contribution in [1.29, 1.82) is 0 Å². The first kappa shape index (κ1) is 30.9. The Hall–Kier alpha value is -1.06. The molecular weight excluding hydrogens is 400 g/mol. The first-order valence-corrected chi connectivity index (χ1v) is 13.8. The molecule has 4 nitrogen and oxygen atoms in total. The lowest BCUT2D eigenvalue weighted by Crippen LogP contribution is -2.41. The van der Waals surface area contributed by atoms with Gasteiger partial charge in [0.15, 0.2) is 5.41 Å². The largest absolute Gasteiger partial charge is 0.465 e. The highest BCUT2D eigenvalue weighted by atomic mass is 16.6. The quantitative estimate of drug-likeness (QED) is 0.0935. The zero-order chi connectivity index (χ0) is 24.1. The van der Waals surface area contributed by atoms with Gasteiger partial charge in [0.05, 0.1) is 13.2 Å². The Labute approximate surface area is 199 Å². The normalized spacial score (nSPS) is 11.7. The molecule has 0 fully saturated rings. The number of rotatable bonds is 22. The number of ether oxygens (including phenoxy) is 2. The first-order chi connectivity index (χ1) is 15.4. The fourth-order valence-electron chi connectivity index (χ4n) is 4.04. The van der Waals surface area contributed by atoms with Crippen molar-refractivity contribution in [1.82, 2.24) is 0 Å². The van der Waals surface area contributed by atoms with Crippen molar-refractivity contribution in [3.05, 3.63) is 0 Å². The molecule has 0 saturated heterocycles. The predicted molar refractivity (Wildman–Crippen MR) is 135 cm³/mol. The molecule has 0 aromatic rings. The molecule has 0 amide bonds. The second kappa shape index (κ2) is 20.5. The Bertz CT molecular complexity index is 454. The molecule has 190 valence electrons. The van der Waals surface area contributed by atoms with E-state index in [9.17, 15) is 9.59 Å². The molecule has 0 rings (SSSR count). The van der Waals surface area contributed by atoms with Gasteiger partial charge in [-0.15, -0.1) is 0 Å². The Morgan fingerprint density at radius 2 is 0.969 bits per heavy atom. The molecule has 0 bridgehead atoms. The van der Waals surface area contributed by atoms with E-state index in [2.05, 4.69) is 20.8 Å². The van der Waals surface area contributed by atoms with E-state index in [0.717, 1.165) is 19.3 Å². The Kier molecular flexibility index (Phi) is 19.9. The molecule has 0 unspecified atom stereocenters. The van der Waals surface area contributed by atoms with Gasteiger partial charge in [0.2, 0.25) is 0 Å². The summed E-state index contributed by atoms with van der Waals surface area (Å²) in [6.45, 7) is 10.9. The average Bonchev–Trinajstić information content (AvgIpc) is 2.77. The second-order valence-electron chi connectivity index (χ2n) is 9.84. The highest BCUT2D eigenvalue weighted by Crippen LogP contribution is 2.30. The fraction of sp³-hybridized carbons (Fsp3) is 0.929. The van der Waals surface area contributed by atoms with E-state index in [0.29, 0.717) is 32.0 Å². The fourth-order valence-corrected chi connectivity index (χ4v) is 4.04. The van der Waals surface area contributed by atoms with E-state index >= 15 is 0 Å². The van der Waals surface area contributed by atoms with Crippen LogP contribution in [0.15, 0.2) is 0 Å². The topological polar surface area (TPSA) is 52.6 Å². The molecule has 0 spiro atoms. The van der Waals surface area contributed by atoms with E-state index in [1.54, 1.807) is 0 Å². The number of carbonyl (C=O) groups excluding carboxylic acids is 2. The summed E-state index contributed by atoms with van der Waals surface area (Å²) in [6.07, 6.45) is 19.8. The Balaban J connectivity index is 3.83. The van der Waals surface area contributed by atoms with Gasteiger partial charge < -0.3 is 9.47 Å². The maximum atomic E-state index is 12.7. The highest BCUT2D eigenvalue weighted by molar-refractivity contribution is 5.99. The molecular formula is C28H54O4. The van der Waals surface area contributed by atoms with Gasteiger partial charge in [0.1, 0.15) is 0 Å². The number of hydrogen-bond donors (Lipinski definition) is 0. The first-order valence-electron chi connectivity index (χ1n) is 13.8. The van der Waals surface area contributed by atoms with Gasteiger partial charge >= 0.3 is 11.9 Å². The van der Waals surface area contributed by atoms with Gasteiger partial charge in [-0.3, -0.25) is 9.59 Å². The highest BCUT2D eigenvalue weighted by Gasteiger charge is 2.45. The second-order valence-corrected chi connectivity index (χ2v) is 9.84. The lowest BCUT2D eigenvalue weighted by molar-refractivity contribution is -0.173. The van der Waals surface area contributed by atoms with Crippen molar-refractivity contribution in [3.8, 4) is 0 Å². The Morgan fingerprint density at radius 1 is 0.594 bits per heavy atom. The van der Waals surface area contributed by atoms with Crippen LogP contribution in [0.2, 0.25) is 0 Å². The van der Waals surface area contributed by atoms with Crippen LogP contribution in [0.5, 0.6) is 0 Å². The Morgan fingerprint density at radius 3 is 1.34 bits per heavy atom. The molecule has 0 aliphatic heterocycles. The standard InChI is InChI=1S/C28H54O4/c1-6-9-10-11-12-13-14-15-16-17-18-19-20-21-23-31-26(29)28(7-2,8-3)27(30)32-24-22-25(4)5/h25H,6-24H2,1-5H3. The lowest BCUT2D eigenvalue weighted by Gasteiger charge is -2.27. The third-order valence-corrected chi connectivity index (χ3v) is 6.65. The minimum Gasteiger partial charge on any atom is -0.465 e. The van der Waals surface area contributed by atoms with E-state index in [1.165, 1.54) is 77.0 Å². The lowest BCUT2D eigenvalue weighted by atomic mass is 9.82. The van der Waals surface area contributed by atoms with Gasteiger partial charge in [-0.25, -0.2) is 0 Å². The van der Waals surface area contributed by atoms with Gasteiger partial charge in [0.25, 0.3) is 0 Å². The van der Waals surface area contributed by atoms with Crippen LogP contribution in [-0.2, 0) is 19.1 Å². The molecule has 0 atom stereocenters. The SMILES string of the molecule is CCCCCCCCCCCCCCCCOC(=O)C(CC)(CC)C(=O)OCCC(C)C. The minimum atomic E-state index is -1.15. The van der Waals surface area contributed by atoms with E-state index in [4.69, 9.17) is 9.47 Å². The van der Waals surface area contributed by atoms with Crippen molar-refractivity contribution in [2.75, 3.05) is 13.2 Å². The zero-order valence-corrected chi connectivity index (χ0v) is 22.1. The third-order valence-electron chi connectivity index (χ3n) is 6.65. The van der Waals surface area contributed by atoms with Crippen molar-refractivity contribution >= 4 is 11.9 Å². The van der Waals surface area contributed by atoms with Crippen molar-refractivity contribution in [3.63, 3.8) is 0 Å². The summed E-state index contributed by atoms with van der Waals surface area (Å²) in [6, 6.07) is 0. The number of hydrogen-bond acceptors (Lipinski definition) is 4. The smallest absolute Gasteiger partial charge is 0.323 e. The molecule has 4 heteroatoms. The summed E-state index contributed by atoms with van der Waals surface area (Å²) in [7, 11) is 0. The van der Waals surface area contributed by atoms with Crippen LogP contribution < -0.4 is 0 Å². The van der Waals surface area contributed by atoms with Gasteiger partial charge in [-0.05, 0) is 31.6 Å². The molecule has 0 saturated carbocycles. The number of esters is 2. The summed E-state index contributed by atoms with van der Waals surface area (Å²) in [4.78, 5) is 25.3. The molecule has 0 aromatic heterocycles. The minimum absolute atomic E-state index is 0.366. The van der Waals surface area contributed by atoms with Crippen molar-refractivity contribution in [2.24, 2.45) is 11.3 Å². The van der Waals surface area contributed by atoms with Crippen LogP contribution in [-0.4, -0.2) is 25.2 Å². The van der Waals surface area contributed by atoms with Gasteiger partial charge in [-0.1, -0.05) is 118 Å².